The molecule has 28 heavy (non-hydrogen) atoms. The van der Waals surface area contributed by atoms with Crippen molar-refractivity contribution in [3.63, 3.8) is 0 Å². The number of amides is 1. The summed E-state index contributed by atoms with van der Waals surface area (Å²) in [5.41, 5.74) is 5.03. The number of hydrazone groups is 1. The van der Waals surface area contributed by atoms with E-state index < -0.39 is 5.91 Å². The van der Waals surface area contributed by atoms with E-state index in [2.05, 4.69) is 10.5 Å². The molecule has 0 bridgehead atoms. The molecule has 0 aliphatic rings. The van der Waals surface area contributed by atoms with Crippen molar-refractivity contribution in [3.8, 4) is 0 Å². The summed E-state index contributed by atoms with van der Waals surface area (Å²) in [7, 11) is 3.93. The van der Waals surface area contributed by atoms with Crippen LogP contribution < -0.4 is 15.9 Å². The molecule has 1 heterocycles. The smallest absolute Gasteiger partial charge is 0.276 e. The van der Waals surface area contributed by atoms with Crippen molar-refractivity contribution in [2.75, 3.05) is 19.0 Å². The number of carbonyl (C=O) groups excluding carboxylic acids is 1. The first-order valence-corrected chi connectivity index (χ1v) is 8.89. The molecule has 0 aliphatic heterocycles. The molecule has 1 amide bonds. The maximum absolute atomic E-state index is 12.6. The van der Waals surface area contributed by atoms with Crippen LogP contribution in [0.2, 0.25) is 0 Å². The second-order valence-corrected chi connectivity index (χ2v) is 6.53. The van der Waals surface area contributed by atoms with Crippen molar-refractivity contribution in [1.82, 2.24) is 9.99 Å². The molecule has 1 aromatic heterocycles. The van der Waals surface area contributed by atoms with E-state index in [0.29, 0.717) is 6.54 Å². The molecule has 6 nitrogen and oxygen atoms in total. The Morgan fingerprint density at radius 3 is 2.43 bits per heavy atom. The van der Waals surface area contributed by atoms with Gasteiger partial charge in [0.25, 0.3) is 11.5 Å². The molecule has 0 radical (unpaired) electrons. The Morgan fingerprint density at radius 1 is 1.04 bits per heavy atom. The summed E-state index contributed by atoms with van der Waals surface area (Å²) >= 11 is 0. The molecule has 3 aromatic rings. The first kappa shape index (κ1) is 19.1. The van der Waals surface area contributed by atoms with Crippen LogP contribution in [-0.2, 0) is 6.54 Å². The maximum Gasteiger partial charge on any atom is 0.276 e. The van der Waals surface area contributed by atoms with E-state index >= 15 is 0 Å². The first-order valence-electron chi connectivity index (χ1n) is 8.89. The summed E-state index contributed by atoms with van der Waals surface area (Å²) < 4.78 is 1.51. The molecule has 142 valence electrons. The molecular formula is C22H22N4O2. The molecule has 0 spiro atoms. The van der Waals surface area contributed by atoms with Crippen LogP contribution in [0.5, 0.6) is 0 Å². The van der Waals surface area contributed by atoms with Crippen molar-refractivity contribution >= 4 is 17.8 Å². The number of nitrogens with one attached hydrogen (secondary N) is 1. The van der Waals surface area contributed by atoms with E-state index in [0.717, 1.165) is 16.8 Å². The molecule has 0 saturated carbocycles. The number of hydrogen-bond donors (Lipinski definition) is 1. The van der Waals surface area contributed by atoms with Crippen molar-refractivity contribution in [2.24, 2.45) is 5.10 Å². The highest BCUT2D eigenvalue weighted by Gasteiger charge is 2.11. The van der Waals surface area contributed by atoms with Gasteiger partial charge in [-0.3, -0.25) is 9.59 Å². The van der Waals surface area contributed by atoms with Gasteiger partial charge < -0.3 is 9.47 Å². The number of anilines is 1. The number of rotatable bonds is 6. The minimum Gasteiger partial charge on any atom is -0.378 e. The lowest BCUT2D eigenvalue weighted by molar-refractivity contribution is 0.0953. The lowest BCUT2D eigenvalue weighted by Crippen LogP contribution is -2.30. The van der Waals surface area contributed by atoms with Crippen LogP contribution in [0.15, 0.2) is 82.8 Å². The van der Waals surface area contributed by atoms with E-state index in [1.165, 1.54) is 10.6 Å². The summed E-state index contributed by atoms with van der Waals surface area (Å²) in [4.78, 5) is 27.0. The third kappa shape index (κ3) is 4.73. The summed E-state index contributed by atoms with van der Waals surface area (Å²) in [6, 6.07) is 20.5. The van der Waals surface area contributed by atoms with Gasteiger partial charge in [-0.1, -0.05) is 42.5 Å². The second kappa shape index (κ2) is 8.81. The highest BCUT2D eigenvalue weighted by molar-refractivity contribution is 5.94. The number of aromatic nitrogens is 1. The fourth-order valence-corrected chi connectivity index (χ4v) is 2.70. The number of nitrogens with zero attached hydrogens (tertiary/aromatic N) is 3. The normalized spacial score (nSPS) is 10.8. The van der Waals surface area contributed by atoms with Gasteiger partial charge in [0, 0.05) is 26.0 Å². The third-order valence-corrected chi connectivity index (χ3v) is 4.25. The lowest BCUT2D eigenvalue weighted by atomic mass is 10.2. The third-order valence-electron chi connectivity index (χ3n) is 4.25. The van der Waals surface area contributed by atoms with E-state index in [1.807, 2.05) is 73.6 Å². The number of hydrogen-bond acceptors (Lipinski definition) is 4. The highest BCUT2D eigenvalue weighted by atomic mass is 16.2. The largest absolute Gasteiger partial charge is 0.378 e. The van der Waals surface area contributed by atoms with Crippen molar-refractivity contribution in [1.29, 1.82) is 0 Å². The number of pyridine rings is 1. The Kier molecular flexibility index (Phi) is 6.01. The van der Waals surface area contributed by atoms with Crippen LogP contribution >= 0.6 is 0 Å². The van der Waals surface area contributed by atoms with E-state index in [9.17, 15) is 9.59 Å². The van der Waals surface area contributed by atoms with Crippen molar-refractivity contribution in [3.05, 3.63) is 100.0 Å². The molecule has 6 heteroatoms. The van der Waals surface area contributed by atoms with Crippen LogP contribution in [-0.4, -0.2) is 30.8 Å². The Hall–Kier alpha value is -3.67. The van der Waals surface area contributed by atoms with Gasteiger partial charge in [0.2, 0.25) is 0 Å². The zero-order valence-electron chi connectivity index (χ0n) is 15.9. The van der Waals surface area contributed by atoms with Crippen molar-refractivity contribution < 1.29 is 4.79 Å². The van der Waals surface area contributed by atoms with Gasteiger partial charge in [0.05, 0.1) is 12.8 Å². The van der Waals surface area contributed by atoms with E-state index in [4.69, 9.17) is 0 Å². The molecule has 0 saturated heterocycles. The van der Waals surface area contributed by atoms with Crippen LogP contribution in [0, 0.1) is 0 Å². The maximum atomic E-state index is 12.6. The predicted molar refractivity (Wildman–Crippen MR) is 112 cm³/mol. The SMILES string of the molecule is CN(C)c1ccc(/C=N\NC(=O)c2cccn(Cc3ccccc3)c2=O)cc1. The van der Waals surface area contributed by atoms with Gasteiger partial charge in [0.1, 0.15) is 5.56 Å². The average Bonchev–Trinajstić information content (AvgIpc) is 2.70. The summed E-state index contributed by atoms with van der Waals surface area (Å²) in [5.74, 6) is -0.534. The Balaban J connectivity index is 1.69. The van der Waals surface area contributed by atoms with Crippen LogP contribution in [0.1, 0.15) is 21.5 Å². The van der Waals surface area contributed by atoms with Gasteiger partial charge in [-0.25, -0.2) is 5.43 Å². The minimum absolute atomic E-state index is 0.0542. The van der Waals surface area contributed by atoms with Gasteiger partial charge in [-0.05, 0) is 35.4 Å². The van der Waals surface area contributed by atoms with Gasteiger partial charge in [0.15, 0.2) is 0 Å². The quantitative estimate of drug-likeness (QED) is 0.533. The molecule has 0 unspecified atom stereocenters. The Bertz CT molecular complexity index is 1020. The van der Waals surface area contributed by atoms with E-state index in [1.54, 1.807) is 18.5 Å². The van der Waals surface area contributed by atoms with Gasteiger partial charge >= 0.3 is 0 Å². The predicted octanol–water partition coefficient (Wildman–Crippen LogP) is 2.73. The molecule has 3 rings (SSSR count). The van der Waals surface area contributed by atoms with Gasteiger partial charge in [-0.2, -0.15) is 5.10 Å². The summed E-state index contributed by atoms with van der Waals surface area (Å²) in [6.45, 7) is 0.405. The number of benzene rings is 2. The van der Waals surface area contributed by atoms with Crippen molar-refractivity contribution in [2.45, 2.75) is 6.54 Å². The van der Waals surface area contributed by atoms with Crippen LogP contribution in [0.25, 0.3) is 0 Å². The van der Waals surface area contributed by atoms with Crippen LogP contribution in [0.4, 0.5) is 5.69 Å². The summed E-state index contributed by atoms with van der Waals surface area (Å²) in [6.07, 6.45) is 3.21. The zero-order chi connectivity index (χ0) is 19.9. The molecule has 2 aromatic carbocycles. The molecule has 0 aliphatic carbocycles. The first-order chi connectivity index (χ1) is 13.5. The fraction of sp³-hybridized carbons (Fsp3) is 0.136. The van der Waals surface area contributed by atoms with Crippen LogP contribution in [0.3, 0.4) is 0 Å². The number of carbonyl (C=O) groups is 1. The molecule has 0 atom stereocenters. The Morgan fingerprint density at radius 2 is 1.75 bits per heavy atom. The average molecular weight is 374 g/mol. The monoisotopic (exact) mass is 374 g/mol. The molecule has 1 N–H and O–H groups in total. The molecular weight excluding hydrogens is 352 g/mol. The standard InChI is InChI=1S/C22H22N4O2/c1-25(2)19-12-10-17(11-13-19)15-23-24-21(27)20-9-6-14-26(22(20)28)16-18-7-4-3-5-8-18/h3-15H,16H2,1-2H3,(H,24,27)/b23-15-. The molecule has 0 fully saturated rings. The highest BCUT2D eigenvalue weighted by Crippen LogP contribution is 2.10. The zero-order valence-corrected chi connectivity index (χ0v) is 15.9. The topological polar surface area (TPSA) is 66.7 Å². The Labute approximate surface area is 163 Å². The fourth-order valence-electron chi connectivity index (χ4n) is 2.70. The van der Waals surface area contributed by atoms with E-state index in [-0.39, 0.29) is 11.1 Å². The summed E-state index contributed by atoms with van der Waals surface area (Å²) in [5, 5.41) is 3.96. The second-order valence-electron chi connectivity index (χ2n) is 6.53. The lowest BCUT2D eigenvalue weighted by Gasteiger charge is -2.11. The van der Waals surface area contributed by atoms with Gasteiger partial charge in [-0.15, -0.1) is 0 Å². The minimum atomic E-state index is -0.534.